The molecule has 3 rings (SSSR count). The average molecular weight is 302 g/mol. The Balaban J connectivity index is 1.58. The van der Waals surface area contributed by atoms with E-state index >= 15 is 0 Å². The molecule has 1 aromatic carbocycles. The first-order valence-electron chi connectivity index (χ1n) is 8.05. The molecule has 5 nitrogen and oxygen atoms in total. The number of benzene rings is 1. The van der Waals surface area contributed by atoms with Gasteiger partial charge in [0.25, 0.3) is 0 Å². The second-order valence-electron chi connectivity index (χ2n) is 5.99. The van der Waals surface area contributed by atoms with Crippen LogP contribution in [0.15, 0.2) is 24.3 Å². The van der Waals surface area contributed by atoms with Crippen LogP contribution in [0.25, 0.3) is 0 Å². The zero-order chi connectivity index (χ0) is 15.4. The Morgan fingerprint density at radius 2 is 2.09 bits per heavy atom. The van der Waals surface area contributed by atoms with Gasteiger partial charge < -0.3 is 10.1 Å². The Bertz CT molecular complexity index is 553. The summed E-state index contributed by atoms with van der Waals surface area (Å²) in [5.41, 5.74) is 1.83. The number of nitrogens with zero attached hydrogens (tertiary/aromatic N) is 1. The lowest BCUT2D eigenvalue weighted by Crippen LogP contribution is -2.31. The average Bonchev–Trinajstić information content (AvgIpc) is 3.00. The maximum absolute atomic E-state index is 12.2. The predicted octanol–water partition coefficient (Wildman–Crippen LogP) is 2.84. The van der Waals surface area contributed by atoms with Gasteiger partial charge in [0, 0.05) is 18.2 Å². The zero-order valence-electron chi connectivity index (χ0n) is 12.7. The van der Waals surface area contributed by atoms with Crippen molar-refractivity contribution in [2.45, 2.75) is 38.6 Å². The molecule has 0 atom stereocenters. The molecular formula is C17H22N2O3. The van der Waals surface area contributed by atoms with Gasteiger partial charge in [0.15, 0.2) is 0 Å². The minimum Gasteiger partial charge on any atom is -0.447 e. The Labute approximate surface area is 130 Å². The lowest BCUT2D eigenvalue weighted by atomic mass is 9.88. The van der Waals surface area contributed by atoms with Gasteiger partial charge in [-0.2, -0.15) is 0 Å². The number of rotatable bonds is 4. The lowest BCUT2D eigenvalue weighted by molar-refractivity contribution is -0.126. The molecule has 0 unspecified atom stereocenters. The van der Waals surface area contributed by atoms with Crippen LogP contribution in [-0.2, 0) is 16.1 Å². The topological polar surface area (TPSA) is 58.6 Å². The van der Waals surface area contributed by atoms with Crippen LogP contribution in [0.5, 0.6) is 0 Å². The van der Waals surface area contributed by atoms with Gasteiger partial charge in [-0.05, 0) is 30.5 Å². The Hall–Kier alpha value is -2.04. The predicted molar refractivity (Wildman–Crippen MR) is 83.6 cm³/mol. The van der Waals surface area contributed by atoms with Gasteiger partial charge in [0.1, 0.15) is 6.61 Å². The first-order chi connectivity index (χ1) is 10.7. The Kier molecular flexibility index (Phi) is 4.61. The highest BCUT2D eigenvalue weighted by molar-refractivity contribution is 5.89. The van der Waals surface area contributed by atoms with Crippen LogP contribution in [0.1, 0.15) is 37.7 Å². The highest BCUT2D eigenvalue weighted by Gasteiger charge is 2.24. The molecule has 0 radical (unpaired) electrons. The summed E-state index contributed by atoms with van der Waals surface area (Å²) < 4.78 is 4.95. The van der Waals surface area contributed by atoms with Crippen molar-refractivity contribution in [2.24, 2.45) is 5.92 Å². The van der Waals surface area contributed by atoms with Gasteiger partial charge in [-0.1, -0.05) is 31.4 Å². The van der Waals surface area contributed by atoms with Crippen molar-refractivity contribution in [3.05, 3.63) is 29.8 Å². The fourth-order valence-electron chi connectivity index (χ4n) is 3.16. The molecule has 2 aliphatic rings. The minimum atomic E-state index is -0.302. The fourth-order valence-corrected chi connectivity index (χ4v) is 3.16. The number of carbonyl (C=O) groups excluding carboxylic acids is 2. The summed E-state index contributed by atoms with van der Waals surface area (Å²) in [6.07, 6.45) is 5.27. The molecule has 1 aliphatic carbocycles. The van der Waals surface area contributed by atoms with Gasteiger partial charge in [0.05, 0.1) is 6.54 Å². The lowest BCUT2D eigenvalue weighted by Gasteiger charge is -2.21. The highest BCUT2D eigenvalue weighted by Crippen LogP contribution is 2.24. The quantitative estimate of drug-likeness (QED) is 0.930. The molecule has 1 N–H and O–H groups in total. The number of amides is 2. The van der Waals surface area contributed by atoms with E-state index in [9.17, 15) is 9.59 Å². The summed E-state index contributed by atoms with van der Waals surface area (Å²) in [5, 5.41) is 3.02. The molecule has 0 aromatic heterocycles. The van der Waals surface area contributed by atoms with Crippen molar-refractivity contribution < 1.29 is 14.3 Å². The van der Waals surface area contributed by atoms with E-state index in [1.165, 1.54) is 6.42 Å². The van der Waals surface area contributed by atoms with E-state index in [-0.39, 0.29) is 17.9 Å². The van der Waals surface area contributed by atoms with Crippen molar-refractivity contribution >= 4 is 17.7 Å². The van der Waals surface area contributed by atoms with Gasteiger partial charge >= 0.3 is 6.09 Å². The van der Waals surface area contributed by atoms with Gasteiger partial charge in [-0.25, -0.2) is 4.79 Å². The van der Waals surface area contributed by atoms with E-state index in [2.05, 4.69) is 5.32 Å². The van der Waals surface area contributed by atoms with Gasteiger partial charge in [-0.15, -0.1) is 0 Å². The molecule has 0 spiro atoms. The third kappa shape index (κ3) is 3.40. The number of carbonyl (C=O) groups is 2. The van der Waals surface area contributed by atoms with E-state index in [4.69, 9.17) is 4.74 Å². The van der Waals surface area contributed by atoms with Crippen molar-refractivity contribution in [2.75, 3.05) is 18.1 Å². The first kappa shape index (κ1) is 14.9. The number of hydrogen-bond acceptors (Lipinski definition) is 3. The number of nitrogens with one attached hydrogen (secondary N) is 1. The zero-order valence-corrected chi connectivity index (χ0v) is 12.7. The van der Waals surface area contributed by atoms with Crippen molar-refractivity contribution in [3.63, 3.8) is 0 Å². The van der Waals surface area contributed by atoms with Crippen LogP contribution in [0.3, 0.4) is 0 Å². The number of hydrogen-bond donors (Lipinski definition) is 1. The molecule has 2 amide bonds. The molecule has 1 heterocycles. The molecule has 1 aromatic rings. The SMILES string of the molecule is O=C(NCc1cccc(N2CCOC2=O)c1)C1CCCCC1. The molecule has 1 saturated carbocycles. The van der Waals surface area contributed by atoms with Gasteiger partial charge in [-0.3, -0.25) is 9.69 Å². The number of anilines is 1. The summed E-state index contributed by atoms with van der Waals surface area (Å²) in [6, 6.07) is 7.70. The largest absolute Gasteiger partial charge is 0.447 e. The third-order valence-electron chi connectivity index (χ3n) is 4.43. The molecule has 2 fully saturated rings. The molecule has 22 heavy (non-hydrogen) atoms. The van der Waals surface area contributed by atoms with Crippen LogP contribution < -0.4 is 10.2 Å². The number of ether oxygens (including phenoxy) is 1. The summed E-state index contributed by atoms with van der Waals surface area (Å²) in [7, 11) is 0. The second-order valence-corrected chi connectivity index (χ2v) is 5.99. The summed E-state index contributed by atoms with van der Waals surface area (Å²) in [6.45, 7) is 1.52. The molecule has 1 saturated heterocycles. The van der Waals surface area contributed by atoms with Crippen LogP contribution in [0, 0.1) is 5.92 Å². The van der Waals surface area contributed by atoms with Crippen molar-refractivity contribution in [1.29, 1.82) is 0 Å². The fraction of sp³-hybridized carbons (Fsp3) is 0.529. The smallest absolute Gasteiger partial charge is 0.414 e. The monoisotopic (exact) mass is 302 g/mol. The Morgan fingerprint density at radius 3 is 2.82 bits per heavy atom. The highest BCUT2D eigenvalue weighted by atomic mass is 16.6. The molecule has 5 heteroatoms. The van der Waals surface area contributed by atoms with Crippen LogP contribution in [0.2, 0.25) is 0 Å². The van der Waals surface area contributed by atoms with E-state index in [0.29, 0.717) is 19.7 Å². The summed E-state index contributed by atoms with van der Waals surface area (Å²) in [5.74, 6) is 0.330. The standard InChI is InChI=1S/C17H22N2O3/c20-16(14-6-2-1-3-7-14)18-12-13-5-4-8-15(11-13)19-9-10-22-17(19)21/h4-5,8,11,14H,1-3,6-7,9-10,12H2,(H,18,20). The molecule has 118 valence electrons. The van der Waals surface area contributed by atoms with Crippen LogP contribution >= 0.6 is 0 Å². The molecular weight excluding hydrogens is 280 g/mol. The first-order valence-corrected chi connectivity index (χ1v) is 8.05. The van der Waals surface area contributed by atoms with E-state index in [1.807, 2.05) is 24.3 Å². The number of cyclic esters (lactones) is 1. The Morgan fingerprint density at radius 1 is 1.27 bits per heavy atom. The van der Waals surface area contributed by atoms with Crippen molar-refractivity contribution in [3.8, 4) is 0 Å². The van der Waals surface area contributed by atoms with E-state index in [1.54, 1.807) is 4.90 Å². The maximum Gasteiger partial charge on any atom is 0.414 e. The van der Waals surface area contributed by atoms with Crippen molar-refractivity contribution in [1.82, 2.24) is 5.32 Å². The maximum atomic E-state index is 12.2. The second kappa shape index (κ2) is 6.81. The molecule has 0 bridgehead atoms. The summed E-state index contributed by atoms with van der Waals surface area (Å²) in [4.78, 5) is 25.4. The van der Waals surface area contributed by atoms with Crippen LogP contribution in [0.4, 0.5) is 10.5 Å². The van der Waals surface area contributed by atoms with Crippen LogP contribution in [-0.4, -0.2) is 25.2 Å². The van der Waals surface area contributed by atoms with Gasteiger partial charge in [0.2, 0.25) is 5.91 Å². The van der Waals surface area contributed by atoms with E-state index in [0.717, 1.165) is 36.9 Å². The minimum absolute atomic E-state index is 0.158. The summed E-state index contributed by atoms with van der Waals surface area (Å²) >= 11 is 0. The van der Waals surface area contributed by atoms with E-state index < -0.39 is 0 Å². The third-order valence-corrected chi connectivity index (χ3v) is 4.43. The normalized spacial score (nSPS) is 19.1. The molecule has 1 aliphatic heterocycles.